The third kappa shape index (κ3) is 5.45. The van der Waals surface area contributed by atoms with Gasteiger partial charge in [-0.25, -0.2) is 0 Å². The van der Waals surface area contributed by atoms with E-state index in [-0.39, 0.29) is 26.2 Å². The number of aliphatic hydroxyl groups excluding tert-OH is 1. The maximum absolute atomic E-state index is 14.8. The molecule has 0 unspecified atom stereocenters. The molecule has 2 fully saturated rings. The van der Waals surface area contributed by atoms with Gasteiger partial charge in [-0.3, -0.25) is 19.2 Å². The fourth-order valence-electron chi connectivity index (χ4n) is 7.04. The molecule has 0 radical (unpaired) electrons. The zero-order valence-electron chi connectivity index (χ0n) is 24.9. The number of fused-ring (bicyclic) bond motifs is 2. The lowest BCUT2D eigenvalue weighted by atomic mass is 9.74. The number of benzene rings is 2. The number of carbonyl (C=O) groups excluding carboxylic acids is 4. The van der Waals surface area contributed by atoms with Crippen LogP contribution < -0.4 is 10.2 Å². The molecule has 4 heterocycles. The topological polar surface area (TPSA) is 125 Å². The van der Waals surface area contributed by atoms with Gasteiger partial charge in [-0.15, -0.1) is 0 Å². The highest BCUT2D eigenvalue weighted by atomic mass is 35.5. The number of para-hydroxylation sites is 1. The van der Waals surface area contributed by atoms with Crippen LogP contribution in [0.4, 0.5) is 5.69 Å². The van der Waals surface area contributed by atoms with Gasteiger partial charge in [0, 0.05) is 13.0 Å². The number of nitrogens with one attached hydrogen (secondary N) is 1. The van der Waals surface area contributed by atoms with Crippen molar-refractivity contribution in [2.45, 2.75) is 56.0 Å². The number of anilines is 1. The van der Waals surface area contributed by atoms with E-state index < -0.39 is 65.4 Å². The SMILES string of the molecule is CC[C@@H](CO)N1C(=O)[C@H]2[C@@H]3C(=O)N[C@H](c4ccccc4)COC(=O)CC/C=C\CN(c4ccccc4Cl)C(=O)[C@H]1[C@@]21C=C[C@@H]3O1. The Labute approximate surface area is 266 Å². The molecular formula is C34H36ClN3O7. The molecule has 45 heavy (non-hydrogen) atoms. The first-order valence-electron chi connectivity index (χ1n) is 15.3. The lowest BCUT2D eigenvalue weighted by Crippen LogP contribution is -2.58. The lowest BCUT2D eigenvalue weighted by Gasteiger charge is -2.38. The summed E-state index contributed by atoms with van der Waals surface area (Å²) in [4.78, 5) is 58.9. The molecule has 6 rings (SSSR count). The van der Waals surface area contributed by atoms with Gasteiger partial charge in [-0.1, -0.05) is 85.3 Å². The van der Waals surface area contributed by atoms with E-state index in [0.29, 0.717) is 23.6 Å². The Kier molecular flexibility index (Phi) is 8.81. The van der Waals surface area contributed by atoms with Gasteiger partial charge in [0.1, 0.15) is 18.2 Å². The molecule has 11 heteroatoms. The van der Waals surface area contributed by atoms with E-state index in [1.54, 1.807) is 48.6 Å². The van der Waals surface area contributed by atoms with Crippen LogP contribution in [0, 0.1) is 11.8 Å². The van der Waals surface area contributed by atoms with E-state index in [9.17, 15) is 24.3 Å². The van der Waals surface area contributed by atoms with E-state index >= 15 is 0 Å². The molecule has 10 nitrogen and oxygen atoms in total. The third-order valence-electron chi connectivity index (χ3n) is 9.23. The van der Waals surface area contributed by atoms with Crippen molar-refractivity contribution in [3.05, 3.63) is 89.5 Å². The van der Waals surface area contributed by atoms with Crippen molar-refractivity contribution in [3.8, 4) is 0 Å². The quantitative estimate of drug-likeness (QED) is 0.382. The highest BCUT2D eigenvalue weighted by molar-refractivity contribution is 6.34. The van der Waals surface area contributed by atoms with E-state index in [1.165, 1.54) is 9.80 Å². The van der Waals surface area contributed by atoms with Gasteiger partial charge in [-0.05, 0) is 30.5 Å². The Morgan fingerprint density at radius 3 is 2.53 bits per heavy atom. The maximum atomic E-state index is 14.8. The number of allylic oxidation sites excluding steroid dienone is 1. The summed E-state index contributed by atoms with van der Waals surface area (Å²) in [6.07, 6.45) is 7.15. The Hall–Kier alpha value is -3.99. The average molecular weight is 634 g/mol. The molecule has 0 saturated carbocycles. The monoisotopic (exact) mass is 633 g/mol. The summed E-state index contributed by atoms with van der Waals surface area (Å²) in [6.45, 7) is 1.47. The van der Waals surface area contributed by atoms with Gasteiger partial charge in [0.2, 0.25) is 11.8 Å². The van der Waals surface area contributed by atoms with E-state index in [4.69, 9.17) is 21.1 Å². The molecule has 0 aliphatic carbocycles. The van der Waals surface area contributed by atoms with Crippen LogP contribution in [0.15, 0.2) is 78.9 Å². The highest BCUT2D eigenvalue weighted by Gasteiger charge is 2.73. The van der Waals surface area contributed by atoms with Gasteiger partial charge in [0.15, 0.2) is 0 Å². The van der Waals surface area contributed by atoms with Crippen LogP contribution in [-0.2, 0) is 28.7 Å². The molecule has 4 aliphatic rings. The number of cyclic esters (lactones) is 1. The van der Waals surface area contributed by atoms with Gasteiger partial charge in [0.25, 0.3) is 5.91 Å². The molecule has 0 aromatic heterocycles. The smallest absolute Gasteiger partial charge is 0.306 e. The normalized spacial score (nSPS) is 31.5. The molecule has 1 spiro atoms. The number of amides is 3. The Morgan fingerprint density at radius 2 is 1.80 bits per heavy atom. The number of carbonyl (C=O) groups is 4. The predicted octanol–water partition coefficient (Wildman–Crippen LogP) is 3.35. The highest BCUT2D eigenvalue weighted by Crippen LogP contribution is 2.56. The summed E-state index contributed by atoms with van der Waals surface area (Å²) in [5, 5.41) is 13.7. The summed E-state index contributed by atoms with van der Waals surface area (Å²) in [5.41, 5.74) is -0.262. The van der Waals surface area contributed by atoms with Gasteiger partial charge < -0.3 is 29.7 Å². The summed E-state index contributed by atoms with van der Waals surface area (Å²) in [7, 11) is 0. The van der Waals surface area contributed by atoms with Gasteiger partial charge >= 0.3 is 5.97 Å². The molecule has 236 valence electrons. The first-order valence-corrected chi connectivity index (χ1v) is 15.7. The van der Waals surface area contributed by atoms with Crippen LogP contribution in [-0.4, -0.2) is 77.2 Å². The Bertz CT molecular complexity index is 1530. The van der Waals surface area contributed by atoms with Crippen molar-refractivity contribution in [3.63, 3.8) is 0 Å². The fourth-order valence-corrected chi connectivity index (χ4v) is 7.28. The van der Waals surface area contributed by atoms with Crippen molar-refractivity contribution in [1.82, 2.24) is 10.2 Å². The van der Waals surface area contributed by atoms with E-state index in [0.717, 1.165) is 5.56 Å². The number of nitrogens with zero attached hydrogens (tertiary/aromatic N) is 2. The minimum Gasteiger partial charge on any atom is -0.463 e. The molecule has 3 amide bonds. The summed E-state index contributed by atoms with van der Waals surface area (Å²) < 4.78 is 12.1. The van der Waals surface area contributed by atoms with Gasteiger partial charge in [-0.2, -0.15) is 0 Å². The second-order valence-electron chi connectivity index (χ2n) is 11.8. The largest absolute Gasteiger partial charge is 0.463 e. The predicted molar refractivity (Wildman–Crippen MR) is 166 cm³/mol. The van der Waals surface area contributed by atoms with Crippen molar-refractivity contribution >= 4 is 41.0 Å². The number of likely N-dealkylation sites (tertiary alicyclic amines) is 1. The van der Waals surface area contributed by atoms with Gasteiger partial charge in [0.05, 0.1) is 47.3 Å². The molecule has 7 atom stereocenters. The van der Waals surface area contributed by atoms with E-state index in [2.05, 4.69) is 5.32 Å². The number of halogens is 1. The molecule has 4 aliphatic heterocycles. The Balaban J connectivity index is 1.46. The minimum atomic E-state index is -1.44. The number of rotatable bonds is 5. The number of esters is 1. The van der Waals surface area contributed by atoms with Crippen molar-refractivity contribution in [1.29, 1.82) is 0 Å². The van der Waals surface area contributed by atoms with Crippen LogP contribution in [0.5, 0.6) is 0 Å². The van der Waals surface area contributed by atoms with Crippen LogP contribution >= 0.6 is 11.6 Å². The Morgan fingerprint density at radius 1 is 1.04 bits per heavy atom. The molecule has 5 bridgehead atoms. The number of hydrogen-bond acceptors (Lipinski definition) is 7. The van der Waals surface area contributed by atoms with Crippen molar-refractivity contribution in [2.24, 2.45) is 11.8 Å². The zero-order chi connectivity index (χ0) is 31.7. The molecular weight excluding hydrogens is 598 g/mol. The maximum Gasteiger partial charge on any atom is 0.306 e. The molecule has 2 aromatic carbocycles. The molecule has 2 saturated heterocycles. The van der Waals surface area contributed by atoms with Crippen LogP contribution in [0.2, 0.25) is 5.02 Å². The fraction of sp³-hybridized carbons (Fsp3) is 0.412. The zero-order valence-corrected chi connectivity index (χ0v) is 25.6. The standard InChI is InChI=1S/C34H36ClN3O7/c1-2-22(19-39)38-30-33(43)37(25-14-9-8-13-23(25)35)18-10-4-7-15-27(40)44-20-24(21-11-5-3-6-12-21)36-31(41)28-26-16-17-34(30,45-26)29(28)32(38)42/h3-6,8-14,16-17,22,24,26,28-30,39H,2,7,15,18-20H2,1H3,(H,36,41)/b10-4-/t22-,24-,26-,28+,29+,30-,34+/m0/s1. The minimum absolute atomic E-state index is 0.0912. The second-order valence-corrected chi connectivity index (χ2v) is 12.2. The second kappa shape index (κ2) is 12.8. The average Bonchev–Trinajstić information content (AvgIpc) is 3.69. The van der Waals surface area contributed by atoms with Crippen LogP contribution in [0.1, 0.15) is 37.8 Å². The summed E-state index contributed by atoms with van der Waals surface area (Å²) in [5.74, 6) is -3.73. The van der Waals surface area contributed by atoms with Crippen LogP contribution in [0.3, 0.4) is 0 Å². The van der Waals surface area contributed by atoms with Crippen molar-refractivity contribution in [2.75, 3.05) is 24.7 Å². The number of hydrogen-bond donors (Lipinski definition) is 2. The third-order valence-corrected chi connectivity index (χ3v) is 9.55. The first kappa shape index (κ1) is 31.0. The first-order chi connectivity index (χ1) is 21.8. The molecule has 2 N–H and O–H groups in total. The summed E-state index contributed by atoms with van der Waals surface area (Å²) in [6, 6.07) is 13.6. The summed E-state index contributed by atoms with van der Waals surface area (Å²) >= 11 is 6.60. The van der Waals surface area contributed by atoms with Crippen molar-refractivity contribution < 1.29 is 33.8 Å². The number of aliphatic hydroxyl groups is 1. The lowest BCUT2D eigenvalue weighted by molar-refractivity contribution is -0.146. The van der Waals surface area contributed by atoms with Crippen LogP contribution in [0.25, 0.3) is 0 Å². The number of ether oxygens (including phenoxy) is 2. The van der Waals surface area contributed by atoms with E-state index in [1.807, 2.05) is 37.3 Å². The molecule has 2 aromatic rings.